The van der Waals surface area contributed by atoms with Gasteiger partial charge in [-0.3, -0.25) is 13.9 Å². The minimum Gasteiger partial charge on any atom is -0.494 e. The maximum atomic E-state index is 13.9. The Balaban J connectivity index is 1.99. The highest BCUT2D eigenvalue weighted by Gasteiger charge is 2.33. The zero-order valence-electron chi connectivity index (χ0n) is 23.0. The van der Waals surface area contributed by atoms with E-state index in [1.165, 1.54) is 41.3 Å². The molecular weight excluding hydrogens is 533 g/mol. The van der Waals surface area contributed by atoms with Gasteiger partial charge in [-0.25, -0.2) is 12.8 Å². The van der Waals surface area contributed by atoms with Gasteiger partial charge < -0.3 is 15.0 Å². The van der Waals surface area contributed by atoms with Crippen molar-refractivity contribution in [1.82, 2.24) is 10.2 Å². The first-order valence-electron chi connectivity index (χ1n) is 13.3. The monoisotopic (exact) mass is 569 g/mol. The van der Waals surface area contributed by atoms with E-state index in [1.54, 1.807) is 13.8 Å². The topological polar surface area (TPSA) is 96.0 Å². The van der Waals surface area contributed by atoms with E-state index in [-0.39, 0.29) is 23.0 Å². The van der Waals surface area contributed by atoms with Crippen LogP contribution in [0.3, 0.4) is 0 Å². The number of sulfonamides is 1. The molecule has 40 heavy (non-hydrogen) atoms. The Morgan fingerprint density at radius 1 is 0.925 bits per heavy atom. The second-order valence-electron chi connectivity index (χ2n) is 9.03. The van der Waals surface area contributed by atoms with Crippen molar-refractivity contribution >= 4 is 27.5 Å². The highest BCUT2D eigenvalue weighted by Crippen LogP contribution is 2.26. The first-order valence-corrected chi connectivity index (χ1v) is 14.8. The molecule has 3 aromatic carbocycles. The van der Waals surface area contributed by atoms with E-state index >= 15 is 0 Å². The molecule has 1 atom stereocenters. The molecule has 0 fully saturated rings. The van der Waals surface area contributed by atoms with Crippen LogP contribution in [0.5, 0.6) is 5.75 Å². The number of ether oxygens (including phenoxy) is 1. The number of likely N-dealkylation sites (N-methyl/N-ethyl adjacent to an activating group) is 1. The Labute approximate surface area is 235 Å². The summed E-state index contributed by atoms with van der Waals surface area (Å²) in [5, 5.41) is 2.77. The van der Waals surface area contributed by atoms with Crippen LogP contribution < -0.4 is 14.4 Å². The van der Waals surface area contributed by atoms with Crippen LogP contribution in [0.1, 0.15) is 32.8 Å². The summed E-state index contributed by atoms with van der Waals surface area (Å²) in [6.07, 6.45) is 0.819. The molecule has 0 unspecified atom stereocenters. The molecule has 10 heteroatoms. The SMILES string of the molecule is CCNC(=O)[C@@H](CC)N(CCc1ccccc1)C(=O)CN(c1ccc(F)cc1)S(=O)(=O)c1ccc(OCC)cc1. The maximum absolute atomic E-state index is 13.9. The highest BCUT2D eigenvalue weighted by atomic mass is 32.2. The van der Waals surface area contributed by atoms with Crippen LogP contribution in [0.25, 0.3) is 0 Å². The second kappa shape index (κ2) is 14.5. The van der Waals surface area contributed by atoms with Crippen LogP contribution in [0.2, 0.25) is 0 Å². The van der Waals surface area contributed by atoms with Gasteiger partial charge in [0.15, 0.2) is 0 Å². The largest absolute Gasteiger partial charge is 0.494 e. The van der Waals surface area contributed by atoms with Crippen molar-refractivity contribution in [2.45, 2.75) is 44.6 Å². The summed E-state index contributed by atoms with van der Waals surface area (Å²) in [7, 11) is -4.25. The lowest BCUT2D eigenvalue weighted by atomic mass is 10.1. The Morgan fingerprint density at radius 3 is 2.15 bits per heavy atom. The number of carbonyl (C=O) groups excluding carboxylic acids is 2. The summed E-state index contributed by atoms with van der Waals surface area (Å²) in [5.41, 5.74) is 1.10. The molecular formula is C30H36FN3O5S. The molecule has 0 aliphatic heterocycles. The van der Waals surface area contributed by atoms with Gasteiger partial charge in [0, 0.05) is 13.1 Å². The number of nitrogens with one attached hydrogen (secondary N) is 1. The van der Waals surface area contributed by atoms with Crippen LogP contribution in [0, 0.1) is 5.82 Å². The van der Waals surface area contributed by atoms with Gasteiger partial charge in [0.25, 0.3) is 10.0 Å². The van der Waals surface area contributed by atoms with Crippen molar-refractivity contribution < 1.29 is 27.1 Å². The van der Waals surface area contributed by atoms with Gasteiger partial charge in [0.1, 0.15) is 24.2 Å². The van der Waals surface area contributed by atoms with Gasteiger partial charge in [0.05, 0.1) is 17.2 Å². The molecule has 0 aromatic heterocycles. The van der Waals surface area contributed by atoms with Crippen LogP contribution >= 0.6 is 0 Å². The molecule has 0 aliphatic carbocycles. The van der Waals surface area contributed by atoms with Crippen molar-refractivity contribution in [3.63, 3.8) is 0 Å². The Kier molecular flexibility index (Phi) is 11.1. The van der Waals surface area contributed by atoms with E-state index < -0.39 is 34.3 Å². The molecule has 0 spiro atoms. The van der Waals surface area contributed by atoms with Crippen molar-refractivity contribution in [3.05, 3.63) is 90.2 Å². The van der Waals surface area contributed by atoms with Crippen molar-refractivity contribution in [1.29, 1.82) is 0 Å². The zero-order valence-corrected chi connectivity index (χ0v) is 23.9. The van der Waals surface area contributed by atoms with Gasteiger partial charge in [-0.05, 0) is 80.8 Å². The maximum Gasteiger partial charge on any atom is 0.264 e. The number of hydrogen-bond acceptors (Lipinski definition) is 5. The van der Waals surface area contributed by atoms with Crippen LogP contribution in [0.4, 0.5) is 10.1 Å². The number of hydrogen-bond donors (Lipinski definition) is 1. The molecule has 0 radical (unpaired) electrons. The van der Waals surface area contributed by atoms with E-state index in [2.05, 4.69) is 5.32 Å². The van der Waals surface area contributed by atoms with E-state index in [0.717, 1.165) is 22.0 Å². The summed E-state index contributed by atoms with van der Waals surface area (Å²) >= 11 is 0. The van der Waals surface area contributed by atoms with E-state index in [4.69, 9.17) is 4.74 Å². The Bertz CT molecular complexity index is 1350. The molecule has 0 aliphatic rings. The third-order valence-electron chi connectivity index (χ3n) is 6.34. The molecule has 0 heterocycles. The van der Waals surface area contributed by atoms with E-state index in [9.17, 15) is 22.4 Å². The van der Waals surface area contributed by atoms with Gasteiger partial charge >= 0.3 is 0 Å². The summed E-state index contributed by atoms with van der Waals surface area (Å²) in [6.45, 7) is 5.86. The minimum absolute atomic E-state index is 0.0559. The summed E-state index contributed by atoms with van der Waals surface area (Å²) < 4.78 is 47.8. The molecule has 0 saturated carbocycles. The first kappa shape index (κ1) is 30.6. The molecule has 0 saturated heterocycles. The summed E-state index contributed by atoms with van der Waals surface area (Å²) in [5.74, 6) is -0.895. The second-order valence-corrected chi connectivity index (χ2v) is 10.9. The van der Waals surface area contributed by atoms with E-state index in [1.807, 2.05) is 37.3 Å². The van der Waals surface area contributed by atoms with Gasteiger partial charge in [-0.1, -0.05) is 37.3 Å². The highest BCUT2D eigenvalue weighted by molar-refractivity contribution is 7.92. The molecule has 1 N–H and O–H groups in total. The average molecular weight is 570 g/mol. The summed E-state index contributed by atoms with van der Waals surface area (Å²) in [4.78, 5) is 28.2. The number of nitrogens with zero attached hydrogens (tertiary/aromatic N) is 2. The fraction of sp³-hybridized carbons (Fsp3) is 0.333. The quantitative estimate of drug-likeness (QED) is 0.310. The normalized spacial score (nSPS) is 11.9. The van der Waals surface area contributed by atoms with E-state index in [0.29, 0.717) is 31.7 Å². The fourth-order valence-electron chi connectivity index (χ4n) is 4.33. The smallest absolute Gasteiger partial charge is 0.264 e. The molecule has 3 aromatic rings. The number of rotatable bonds is 14. The average Bonchev–Trinajstić information content (AvgIpc) is 2.95. The van der Waals surface area contributed by atoms with Crippen LogP contribution in [-0.4, -0.2) is 57.4 Å². The van der Waals surface area contributed by atoms with Crippen molar-refractivity contribution in [2.75, 3.05) is 30.5 Å². The van der Waals surface area contributed by atoms with Crippen molar-refractivity contribution in [3.8, 4) is 5.75 Å². The Hall–Kier alpha value is -3.92. The molecule has 214 valence electrons. The van der Waals surface area contributed by atoms with Crippen LogP contribution in [-0.2, 0) is 26.0 Å². The number of carbonyl (C=O) groups is 2. The molecule has 3 rings (SSSR count). The number of benzene rings is 3. The number of halogens is 1. The van der Waals surface area contributed by atoms with Crippen molar-refractivity contribution in [2.24, 2.45) is 0 Å². The lowest BCUT2D eigenvalue weighted by molar-refractivity contribution is -0.139. The van der Waals surface area contributed by atoms with Crippen LogP contribution in [0.15, 0.2) is 83.8 Å². The molecule has 8 nitrogen and oxygen atoms in total. The first-order chi connectivity index (χ1) is 19.2. The molecule has 0 bridgehead atoms. The predicted molar refractivity (Wildman–Crippen MR) is 153 cm³/mol. The standard InChI is InChI=1S/C30H36FN3O5S/c1-4-28(30(36)32-5-2)33(21-20-23-10-8-7-9-11-23)29(35)22-34(25-14-12-24(31)13-15-25)40(37,38)27-18-16-26(17-19-27)39-6-3/h7-19,28H,4-6,20-22H2,1-3H3,(H,32,36)/t28-/m1/s1. The minimum atomic E-state index is -4.25. The summed E-state index contributed by atoms with van der Waals surface area (Å²) in [6, 6.07) is 19.5. The number of amides is 2. The lowest BCUT2D eigenvalue weighted by Crippen LogP contribution is -2.53. The third-order valence-corrected chi connectivity index (χ3v) is 8.13. The van der Waals surface area contributed by atoms with Gasteiger partial charge in [-0.15, -0.1) is 0 Å². The van der Waals surface area contributed by atoms with Gasteiger partial charge in [-0.2, -0.15) is 0 Å². The number of anilines is 1. The molecule has 2 amide bonds. The third kappa shape index (κ3) is 7.81. The Morgan fingerprint density at radius 2 is 1.57 bits per heavy atom. The zero-order chi connectivity index (χ0) is 29.1. The fourth-order valence-corrected chi connectivity index (χ4v) is 5.74. The van der Waals surface area contributed by atoms with Gasteiger partial charge in [0.2, 0.25) is 11.8 Å². The predicted octanol–water partition coefficient (Wildman–Crippen LogP) is 4.41. The lowest BCUT2D eigenvalue weighted by Gasteiger charge is -2.33.